The second-order valence-electron chi connectivity index (χ2n) is 7.90. The van der Waals surface area contributed by atoms with Gasteiger partial charge in [0.1, 0.15) is 0 Å². The third-order valence-corrected chi connectivity index (χ3v) is 5.24. The molecule has 164 valence electrons. The van der Waals surface area contributed by atoms with E-state index in [4.69, 9.17) is 9.68 Å². The van der Waals surface area contributed by atoms with Gasteiger partial charge in [-0.3, -0.25) is 9.68 Å². The molecule has 0 unspecified atom stereocenters. The lowest BCUT2D eigenvalue weighted by Crippen LogP contribution is -2.25. The Balaban J connectivity index is 3.12. The summed E-state index contributed by atoms with van der Waals surface area (Å²) in [4.78, 5) is 10.9. The highest BCUT2D eigenvalue weighted by molar-refractivity contribution is 4.50. The van der Waals surface area contributed by atoms with E-state index in [-0.39, 0.29) is 0 Å². The van der Waals surface area contributed by atoms with Crippen molar-refractivity contribution in [3.05, 3.63) is 0 Å². The molecule has 0 saturated heterocycles. The Kier molecular flexibility index (Phi) is 23.8. The molecule has 0 aliphatic carbocycles. The summed E-state index contributed by atoms with van der Waals surface area (Å²) in [5, 5.41) is 1.66. The van der Waals surface area contributed by atoms with Gasteiger partial charge in [0.05, 0.1) is 19.8 Å². The summed E-state index contributed by atoms with van der Waals surface area (Å²) in [6.07, 6.45) is 25.4. The van der Waals surface area contributed by atoms with Crippen molar-refractivity contribution in [1.29, 1.82) is 0 Å². The Morgan fingerprint density at radius 1 is 0.407 bits per heavy atom. The van der Waals surface area contributed by atoms with E-state index in [1.165, 1.54) is 116 Å². The first-order chi connectivity index (χ1) is 13.3. The summed E-state index contributed by atoms with van der Waals surface area (Å²) in [5.41, 5.74) is 0. The summed E-state index contributed by atoms with van der Waals surface area (Å²) in [5.74, 6) is 0. The van der Waals surface area contributed by atoms with Gasteiger partial charge in [-0.15, -0.1) is 0 Å². The zero-order valence-corrected chi connectivity index (χ0v) is 19.1. The van der Waals surface area contributed by atoms with Crippen LogP contribution in [0.4, 0.5) is 0 Å². The average Bonchev–Trinajstić information content (AvgIpc) is 2.67. The highest BCUT2D eigenvalue weighted by atomic mass is 16.9. The van der Waals surface area contributed by atoms with Crippen molar-refractivity contribution in [2.45, 2.75) is 136 Å². The molecule has 0 rings (SSSR count). The summed E-state index contributed by atoms with van der Waals surface area (Å²) in [7, 11) is 0. The van der Waals surface area contributed by atoms with Crippen molar-refractivity contribution in [3.63, 3.8) is 0 Å². The second-order valence-corrected chi connectivity index (χ2v) is 7.90. The van der Waals surface area contributed by atoms with Crippen molar-refractivity contribution >= 4 is 0 Å². The molecule has 0 heterocycles. The van der Waals surface area contributed by atoms with Crippen LogP contribution in [0.2, 0.25) is 0 Å². The highest BCUT2D eigenvalue weighted by Gasteiger charge is 2.03. The molecule has 0 spiro atoms. The zero-order valence-electron chi connectivity index (χ0n) is 19.1. The monoisotopic (exact) mass is 385 g/mol. The molecule has 0 amide bonds. The summed E-state index contributed by atoms with van der Waals surface area (Å²) < 4.78 is 0. The van der Waals surface area contributed by atoms with Gasteiger partial charge in [-0.05, 0) is 20.3 Å². The van der Waals surface area contributed by atoms with Gasteiger partial charge in [-0.25, -0.2) is 0 Å². The minimum absolute atomic E-state index is 0.680. The van der Waals surface area contributed by atoms with Crippen molar-refractivity contribution in [2.75, 3.05) is 19.8 Å². The third-order valence-electron chi connectivity index (χ3n) is 5.24. The summed E-state index contributed by atoms with van der Waals surface area (Å²) >= 11 is 0. The first-order valence-electron chi connectivity index (χ1n) is 12.4. The first-order valence-corrected chi connectivity index (χ1v) is 12.4. The zero-order chi connectivity index (χ0) is 19.8. The fourth-order valence-electron chi connectivity index (χ4n) is 3.60. The maximum absolute atomic E-state index is 5.43. The van der Waals surface area contributed by atoms with Crippen molar-refractivity contribution in [2.24, 2.45) is 0 Å². The van der Waals surface area contributed by atoms with Crippen LogP contribution in [-0.4, -0.2) is 25.0 Å². The van der Waals surface area contributed by atoms with Gasteiger partial charge < -0.3 is 0 Å². The number of hydrogen-bond acceptors (Lipinski definition) is 3. The topological polar surface area (TPSA) is 21.7 Å². The van der Waals surface area contributed by atoms with Gasteiger partial charge in [-0.1, -0.05) is 121 Å². The van der Waals surface area contributed by atoms with Crippen LogP contribution >= 0.6 is 0 Å². The van der Waals surface area contributed by atoms with Crippen molar-refractivity contribution in [3.8, 4) is 0 Å². The van der Waals surface area contributed by atoms with E-state index >= 15 is 0 Å². The third kappa shape index (κ3) is 22.0. The van der Waals surface area contributed by atoms with Crippen LogP contribution in [0.15, 0.2) is 0 Å². The van der Waals surface area contributed by atoms with Crippen LogP contribution in [-0.2, 0) is 9.68 Å². The van der Waals surface area contributed by atoms with Crippen LogP contribution in [0, 0.1) is 0 Å². The van der Waals surface area contributed by atoms with Gasteiger partial charge in [0.2, 0.25) is 0 Å². The maximum Gasteiger partial charge on any atom is 0.0683 e. The van der Waals surface area contributed by atoms with Crippen molar-refractivity contribution in [1.82, 2.24) is 5.23 Å². The van der Waals surface area contributed by atoms with Crippen LogP contribution in [0.1, 0.15) is 136 Å². The molecule has 0 radical (unpaired) electrons. The molecule has 0 aliphatic heterocycles. The molecule has 0 fully saturated rings. The molecule has 0 aromatic rings. The van der Waals surface area contributed by atoms with Gasteiger partial charge in [0.15, 0.2) is 0 Å². The smallest absolute Gasteiger partial charge is 0.0683 e. The predicted molar refractivity (Wildman–Crippen MR) is 119 cm³/mol. The summed E-state index contributed by atoms with van der Waals surface area (Å²) in [6, 6.07) is 0. The molecule has 27 heavy (non-hydrogen) atoms. The lowest BCUT2D eigenvalue weighted by atomic mass is 10.0. The first kappa shape index (κ1) is 26.9. The number of rotatable bonds is 23. The quantitative estimate of drug-likeness (QED) is 0.130. The van der Waals surface area contributed by atoms with Crippen LogP contribution in [0.5, 0.6) is 0 Å². The second kappa shape index (κ2) is 23.9. The number of nitrogens with zero attached hydrogens (tertiary/aromatic N) is 1. The van der Waals surface area contributed by atoms with E-state index in [2.05, 4.69) is 6.92 Å². The molecular weight excluding hydrogens is 334 g/mol. The molecule has 0 saturated carbocycles. The Morgan fingerprint density at radius 3 is 1.00 bits per heavy atom. The van der Waals surface area contributed by atoms with Crippen LogP contribution in [0.25, 0.3) is 0 Å². The van der Waals surface area contributed by atoms with E-state index in [9.17, 15) is 0 Å². The van der Waals surface area contributed by atoms with E-state index in [1.54, 1.807) is 5.23 Å². The standard InChI is InChI=1S/C24H51NO2/c1-4-7-8-9-10-11-12-13-14-15-16-17-18-19-20-21-22-23-24-25(26-5-2)27-6-3/h4-24H2,1-3H3. The van der Waals surface area contributed by atoms with E-state index in [1.807, 2.05) is 13.8 Å². The Hall–Kier alpha value is -0.120. The molecule has 0 bridgehead atoms. The molecule has 0 N–H and O–H groups in total. The average molecular weight is 386 g/mol. The molecule has 0 aliphatic rings. The molecule has 0 aromatic carbocycles. The maximum atomic E-state index is 5.43. The lowest BCUT2D eigenvalue weighted by molar-refractivity contribution is -0.364. The number of unbranched alkanes of at least 4 members (excludes halogenated alkanes) is 17. The molecule has 3 heteroatoms. The molecule has 3 nitrogen and oxygen atoms in total. The minimum Gasteiger partial charge on any atom is -0.274 e. The fraction of sp³-hybridized carbons (Fsp3) is 1.00. The molecule has 0 aromatic heterocycles. The minimum atomic E-state index is 0.680. The van der Waals surface area contributed by atoms with Gasteiger partial charge in [0.25, 0.3) is 0 Å². The van der Waals surface area contributed by atoms with Crippen LogP contribution < -0.4 is 0 Å². The number of hydrogen-bond donors (Lipinski definition) is 0. The Labute approximate surface area is 171 Å². The number of hydroxylamine groups is 2. The van der Waals surface area contributed by atoms with Gasteiger partial charge >= 0.3 is 0 Å². The van der Waals surface area contributed by atoms with Crippen LogP contribution in [0.3, 0.4) is 0 Å². The highest BCUT2D eigenvalue weighted by Crippen LogP contribution is 2.14. The Bertz CT molecular complexity index is 255. The summed E-state index contributed by atoms with van der Waals surface area (Å²) in [6.45, 7) is 8.55. The predicted octanol–water partition coefficient (Wildman–Crippen LogP) is 8.23. The normalized spacial score (nSPS) is 11.6. The SMILES string of the molecule is CCCCCCCCCCCCCCCCCCCCN(OCC)OCC. The largest absolute Gasteiger partial charge is 0.274 e. The van der Waals surface area contributed by atoms with Gasteiger partial charge in [0, 0.05) is 0 Å². The van der Waals surface area contributed by atoms with E-state index < -0.39 is 0 Å². The lowest BCUT2D eigenvalue weighted by Gasteiger charge is -2.19. The molecular formula is C24H51NO2. The van der Waals surface area contributed by atoms with E-state index in [0.717, 1.165) is 6.54 Å². The fourth-order valence-corrected chi connectivity index (χ4v) is 3.60. The van der Waals surface area contributed by atoms with Crippen molar-refractivity contribution < 1.29 is 9.68 Å². The Morgan fingerprint density at radius 2 is 0.704 bits per heavy atom. The molecule has 0 atom stereocenters. The van der Waals surface area contributed by atoms with E-state index in [0.29, 0.717) is 13.2 Å². The van der Waals surface area contributed by atoms with Gasteiger partial charge in [-0.2, -0.15) is 0 Å².